The molecule has 2 unspecified atom stereocenters. The van der Waals surface area contributed by atoms with E-state index >= 15 is 0 Å². The van der Waals surface area contributed by atoms with Crippen molar-refractivity contribution in [2.24, 2.45) is 5.73 Å². The molecule has 0 radical (unpaired) electrons. The average molecular weight is 289 g/mol. The summed E-state index contributed by atoms with van der Waals surface area (Å²) >= 11 is 1.62. The molecule has 0 saturated heterocycles. The number of halogens is 1. The number of rotatable bonds is 4. The number of benzene rings is 2. The summed E-state index contributed by atoms with van der Waals surface area (Å²) in [6.07, 6.45) is 0. The summed E-state index contributed by atoms with van der Waals surface area (Å²) in [6, 6.07) is 13.0. The molecular weight excluding hydrogens is 269 g/mol. The molecule has 2 aromatic rings. The number of hydrogen-bond acceptors (Lipinski definition) is 2. The van der Waals surface area contributed by atoms with Gasteiger partial charge in [0.15, 0.2) is 0 Å². The van der Waals surface area contributed by atoms with E-state index in [1.165, 1.54) is 17.2 Å². The minimum Gasteiger partial charge on any atom is -0.327 e. The zero-order valence-electron chi connectivity index (χ0n) is 12.1. The van der Waals surface area contributed by atoms with Gasteiger partial charge >= 0.3 is 0 Å². The van der Waals surface area contributed by atoms with Crippen LogP contribution in [0.15, 0.2) is 47.4 Å². The molecule has 2 N–H and O–H groups in total. The van der Waals surface area contributed by atoms with E-state index in [1.54, 1.807) is 17.8 Å². The van der Waals surface area contributed by atoms with Gasteiger partial charge < -0.3 is 5.73 Å². The maximum absolute atomic E-state index is 14.0. The fourth-order valence-electron chi connectivity index (χ4n) is 2.09. The van der Waals surface area contributed by atoms with E-state index in [9.17, 15) is 4.39 Å². The van der Waals surface area contributed by atoms with Crippen LogP contribution in [0, 0.1) is 19.7 Å². The fraction of sp³-hybridized carbons (Fsp3) is 0.294. The first kappa shape index (κ1) is 15.1. The number of thioether (sulfide) groups is 1. The lowest BCUT2D eigenvalue weighted by Crippen LogP contribution is -2.23. The lowest BCUT2D eigenvalue weighted by atomic mass is 10.1. The Bertz CT molecular complexity index is 595. The molecule has 0 amide bonds. The van der Waals surface area contributed by atoms with Gasteiger partial charge in [-0.25, -0.2) is 4.39 Å². The van der Waals surface area contributed by atoms with Crippen molar-refractivity contribution in [1.82, 2.24) is 0 Å². The zero-order chi connectivity index (χ0) is 14.7. The van der Waals surface area contributed by atoms with E-state index in [4.69, 9.17) is 5.73 Å². The monoisotopic (exact) mass is 289 g/mol. The number of aryl methyl sites for hydroxylation is 2. The van der Waals surface area contributed by atoms with Gasteiger partial charge in [-0.05, 0) is 50.1 Å². The number of nitrogens with two attached hydrogens (primary N) is 1. The second kappa shape index (κ2) is 6.42. The van der Waals surface area contributed by atoms with E-state index in [0.717, 1.165) is 4.90 Å². The lowest BCUT2D eigenvalue weighted by molar-refractivity contribution is 0.592. The second-order valence-electron chi connectivity index (χ2n) is 5.17. The molecule has 1 nitrogen and oxygen atoms in total. The molecule has 0 aliphatic carbocycles. The summed E-state index contributed by atoms with van der Waals surface area (Å²) in [5.74, 6) is -0.189. The van der Waals surface area contributed by atoms with Gasteiger partial charge in [0.05, 0.1) is 5.25 Å². The van der Waals surface area contributed by atoms with Crippen LogP contribution in [-0.2, 0) is 0 Å². The van der Waals surface area contributed by atoms with Crippen molar-refractivity contribution < 1.29 is 4.39 Å². The minimum absolute atomic E-state index is 0.0849. The smallest absolute Gasteiger partial charge is 0.127 e. The van der Waals surface area contributed by atoms with Crippen molar-refractivity contribution in [3.63, 3.8) is 0 Å². The first-order valence-electron chi connectivity index (χ1n) is 6.73. The standard InChI is InChI=1S/C17H20FNS/c1-11-8-9-14(10-12(11)2)20-17(13(3)19)15-6-4-5-7-16(15)18/h4-10,13,17H,19H2,1-3H3. The van der Waals surface area contributed by atoms with Crippen LogP contribution < -0.4 is 5.73 Å². The van der Waals surface area contributed by atoms with E-state index in [-0.39, 0.29) is 17.1 Å². The third-order valence-corrected chi connectivity index (χ3v) is 4.89. The first-order chi connectivity index (χ1) is 9.49. The van der Waals surface area contributed by atoms with Crippen molar-refractivity contribution in [2.45, 2.75) is 37.0 Å². The average Bonchev–Trinajstić information content (AvgIpc) is 2.41. The Morgan fingerprint density at radius 2 is 1.75 bits per heavy atom. The van der Waals surface area contributed by atoms with E-state index in [2.05, 4.69) is 32.0 Å². The van der Waals surface area contributed by atoms with Crippen LogP contribution in [0.25, 0.3) is 0 Å². The molecule has 0 aliphatic heterocycles. The maximum Gasteiger partial charge on any atom is 0.127 e. The maximum atomic E-state index is 14.0. The summed E-state index contributed by atoms with van der Waals surface area (Å²) < 4.78 is 14.0. The van der Waals surface area contributed by atoms with E-state index in [1.807, 2.05) is 19.1 Å². The Morgan fingerprint density at radius 1 is 1.05 bits per heavy atom. The van der Waals surface area contributed by atoms with Crippen LogP contribution in [-0.4, -0.2) is 6.04 Å². The summed E-state index contributed by atoms with van der Waals surface area (Å²) in [5.41, 5.74) is 9.24. The molecule has 3 heteroatoms. The van der Waals surface area contributed by atoms with Crippen LogP contribution in [0.3, 0.4) is 0 Å². The van der Waals surface area contributed by atoms with Gasteiger partial charge in [0.2, 0.25) is 0 Å². The quantitative estimate of drug-likeness (QED) is 0.831. The lowest BCUT2D eigenvalue weighted by Gasteiger charge is -2.21. The molecule has 2 atom stereocenters. The zero-order valence-corrected chi connectivity index (χ0v) is 12.9. The molecule has 0 aromatic heterocycles. The normalized spacial score (nSPS) is 14.1. The van der Waals surface area contributed by atoms with Gasteiger partial charge in [-0.1, -0.05) is 24.3 Å². The van der Waals surface area contributed by atoms with Gasteiger partial charge in [-0.3, -0.25) is 0 Å². The summed E-state index contributed by atoms with van der Waals surface area (Å²) in [6.45, 7) is 6.10. The van der Waals surface area contributed by atoms with E-state index in [0.29, 0.717) is 5.56 Å². The molecule has 2 rings (SSSR count). The van der Waals surface area contributed by atoms with Gasteiger partial charge in [0.1, 0.15) is 5.82 Å². The Kier molecular flexibility index (Phi) is 4.84. The van der Waals surface area contributed by atoms with Crippen LogP contribution in [0.2, 0.25) is 0 Å². The summed E-state index contributed by atoms with van der Waals surface area (Å²) in [7, 11) is 0. The molecule has 106 valence electrons. The second-order valence-corrected chi connectivity index (χ2v) is 6.38. The summed E-state index contributed by atoms with van der Waals surface area (Å²) in [5, 5.41) is -0.0849. The van der Waals surface area contributed by atoms with Gasteiger partial charge in [0, 0.05) is 16.5 Å². The van der Waals surface area contributed by atoms with Crippen molar-refractivity contribution in [3.8, 4) is 0 Å². The van der Waals surface area contributed by atoms with E-state index < -0.39 is 0 Å². The van der Waals surface area contributed by atoms with Crippen LogP contribution in [0.5, 0.6) is 0 Å². The Labute approximate surface area is 124 Å². The SMILES string of the molecule is Cc1ccc(SC(c2ccccc2F)C(C)N)cc1C. The molecular formula is C17H20FNS. The molecule has 0 saturated carbocycles. The van der Waals surface area contributed by atoms with Crippen molar-refractivity contribution in [1.29, 1.82) is 0 Å². The predicted octanol–water partition coefficient (Wildman–Crippen LogP) is 4.62. The Balaban J connectivity index is 2.31. The Hall–Kier alpha value is -1.32. The predicted molar refractivity (Wildman–Crippen MR) is 84.6 cm³/mol. The van der Waals surface area contributed by atoms with Crippen LogP contribution in [0.1, 0.15) is 28.9 Å². The topological polar surface area (TPSA) is 26.0 Å². The van der Waals surface area contributed by atoms with Crippen LogP contribution >= 0.6 is 11.8 Å². The highest BCUT2D eigenvalue weighted by molar-refractivity contribution is 7.99. The van der Waals surface area contributed by atoms with Crippen molar-refractivity contribution >= 4 is 11.8 Å². The largest absolute Gasteiger partial charge is 0.327 e. The highest BCUT2D eigenvalue weighted by Gasteiger charge is 2.21. The third kappa shape index (κ3) is 3.41. The first-order valence-corrected chi connectivity index (χ1v) is 7.61. The van der Waals surface area contributed by atoms with Crippen molar-refractivity contribution in [3.05, 3.63) is 65.0 Å². The highest BCUT2D eigenvalue weighted by atomic mass is 32.2. The van der Waals surface area contributed by atoms with Gasteiger partial charge in [-0.15, -0.1) is 11.8 Å². The molecule has 0 fully saturated rings. The highest BCUT2D eigenvalue weighted by Crippen LogP contribution is 2.38. The number of hydrogen-bond donors (Lipinski definition) is 1. The Morgan fingerprint density at radius 3 is 2.35 bits per heavy atom. The molecule has 0 aliphatic rings. The molecule has 0 bridgehead atoms. The summed E-state index contributed by atoms with van der Waals surface area (Å²) in [4.78, 5) is 1.12. The molecule has 0 spiro atoms. The molecule has 20 heavy (non-hydrogen) atoms. The van der Waals surface area contributed by atoms with Crippen LogP contribution in [0.4, 0.5) is 4.39 Å². The van der Waals surface area contributed by atoms with Gasteiger partial charge in [0.25, 0.3) is 0 Å². The van der Waals surface area contributed by atoms with Crippen molar-refractivity contribution in [2.75, 3.05) is 0 Å². The third-order valence-electron chi connectivity index (χ3n) is 3.43. The minimum atomic E-state index is -0.189. The fourth-order valence-corrected chi connectivity index (χ4v) is 3.31. The molecule has 2 aromatic carbocycles. The molecule has 0 heterocycles. The van der Waals surface area contributed by atoms with Gasteiger partial charge in [-0.2, -0.15) is 0 Å².